The van der Waals surface area contributed by atoms with Crippen LogP contribution in [-0.4, -0.2) is 11.5 Å². The number of nitrogens with one attached hydrogen (secondary N) is 1. The molecule has 1 N–H and O–H groups in total. The average molecular weight is 346 g/mol. The van der Waals surface area contributed by atoms with E-state index >= 15 is 0 Å². The summed E-state index contributed by atoms with van der Waals surface area (Å²) in [5, 5.41) is 3.54. The maximum Gasteiger partial charge on any atom is 0.267 e. The molecule has 3 nitrogen and oxygen atoms in total. The summed E-state index contributed by atoms with van der Waals surface area (Å²) >= 11 is 5.86. The largest absolute Gasteiger partial charge is 0.478 e. The van der Waals surface area contributed by atoms with E-state index in [0.717, 1.165) is 12.1 Å². The minimum Gasteiger partial charge on any atom is -0.478 e. The highest BCUT2D eigenvalue weighted by Gasteiger charge is 2.30. The monoisotopic (exact) mass is 345 g/mol. The van der Waals surface area contributed by atoms with Crippen molar-refractivity contribution >= 4 is 23.2 Å². The Bertz CT molecular complexity index is 678. The van der Waals surface area contributed by atoms with Gasteiger partial charge in [0.2, 0.25) is 0 Å². The van der Waals surface area contributed by atoms with E-state index in [1.54, 1.807) is 38.1 Å². The number of rotatable bonds is 6. The van der Waals surface area contributed by atoms with Crippen LogP contribution in [0.3, 0.4) is 0 Å². The molecule has 0 bridgehead atoms. The molecule has 1 amide bonds. The molecule has 0 aliphatic rings. The van der Waals surface area contributed by atoms with Crippen LogP contribution in [0.25, 0.3) is 0 Å². The fourth-order valence-electron chi connectivity index (χ4n) is 2.26. The lowest BCUT2D eigenvalue weighted by Gasteiger charge is -2.25. The number of carbonyl (C=O) groups excluding carboxylic acids is 1. The Hall–Kier alpha value is -2.00. The fraction of sp³-hybridized carbons (Fsp3) is 0.350. The van der Waals surface area contributed by atoms with Crippen molar-refractivity contribution in [3.8, 4) is 5.75 Å². The topological polar surface area (TPSA) is 38.3 Å². The predicted molar refractivity (Wildman–Crippen MR) is 99.9 cm³/mol. The van der Waals surface area contributed by atoms with E-state index in [2.05, 4.69) is 31.3 Å². The van der Waals surface area contributed by atoms with Gasteiger partial charge in [-0.05, 0) is 68.1 Å². The van der Waals surface area contributed by atoms with Crippen LogP contribution in [0.15, 0.2) is 48.5 Å². The van der Waals surface area contributed by atoms with Crippen molar-refractivity contribution in [2.24, 2.45) is 0 Å². The molecule has 0 spiro atoms. The van der Waals surface area contributed by atoms with Crippen molar-refractivity contribution in [1.29, 1.82) is 0 Å². The molecule has 0 aliphatic heterocycles. The molecule has 0 radical (unpaired) electrons. The van der Waals surface area contributed by atoms with Crippen molar-refractivity contribution in [2.45, 2.75) is 45.6 Å². The molecule has 0 saturated heterocycles. The van der Waals surface area contributed by atoms with E-state index in [1.165, 1.54) is 5.56 Å². The second-order valence-corrected chi connectivity index (χ2v) is 6.89. The molecule has 2 rings (SSSR count). The Balaban J connectivity index is 2.03. The second kappa shape index (κ2) is 7.71. The summed E-state index contributed by atoms with van der Waals surface area (Å²) in [6.07, 6.45) is 1.09. The van der Waals surface area contributed by atoms with Crippen LogP contribution in [0, 0.1) is 0 Å². The normalized spacial score (nSPS) is 12.5. The maximum absolute atomic E-state index is 12.5. The third kappa shape index (κ3) is 4.75. The molecule has 4 heteroatoms. The van der Waals surface area contributed by atoms with Gasteiger partial charge in [0.1, 0.15) is 5.75 Å². The SMILES string of the molecule is CC[C@H](C)c1ccc(NC(=O)C(C)(C)Oc2ccc(Cl)cc2)cc1. The lowest BCUT2D eigenvalue weighted by atomic mass is 9.98. The van der Waals surface area contributed by atoms with Gasteiger partial charge in [0.25, 0.3) is 5.91 Å². The molecule has 0 heterocycles. The number of amides is 1. The van der Waals surface area contributed by atoms with E-state index in [1.807, 2.05) is 12.1 Å². The van der Waals surface area contributed by atoms with Gasteiger partial charge in [-0.15, -0.1) is 0 Å². The smallest absolute Gasteiger partial charge is 0.267 e. The Labute approximate surface area is 149 Å². The molecule has 0 aromatic heterocycles. The number of hydrogen-bond donors (Lipinski definition) is 1. The van der Waals surface area contributed by atoms with Crippen molar-refractivity contribution in [2.75, 3.05) is 5.32 Å². The Morgan fingerprint density at radius 2 is 1.71 bits per heavy atom. The lowest BCUT2D eigenvalue weighted by Crippen LogP contribution is -2.42. The highest BCUT2D eigenvalue weighted by molar-refractivity contribution is 6.30. The standard InChI is InChI=1S/C20H24ClNO2/c1-5-14(2)15-6-10-17(11-7-15)22-19(23)20(3,4)24-18-12-8-16(21)9-13-18/h6-14H,5H2,1-4H3,(H,22,23)/t14-/m0/s1. The number of anilines is 1. The fourth-order valence-corrected chi connectivity index (χ4v) is 2.38. The number of carbonyl (C=O) groups is 1. The minimum absolute atomic E-state index is 0.200. The molecule has 128 valence electrons. The van der Waals surface area contributed by atoms with Gasteiger partial charge in [-0.1, -0.05) is 37.6 Å². The molecular formula is C20H24ClNO2. The second-order valence-electron chi connectivity index (χ2n) is 6.45. The van der Waals surface area contributed by atoms with Crippen LogP contribution in [-0.2, 0) is 4.79 Å². The number of benzene rings is 2. The molecule has 0 fully saturated rings. The van der Waals surface area contributed by atoms with Gasteiger partial charge in [0.05, 0.1) is 0 Å². The van der Waals surface area contributed by atoms with Gasteiger partial charge >= 0.3 is 0 Å². The first-order chi connectivity index (χ1) is 11.3. The van der Waals surface area contributed by atoms with Crippen molar-refractivity contribution in [1.82, 2.24) is 0 Å². The van der Waals surface area contributed by atoms with Gasteiger partial charge in [0.15, 0.2) is 5.60 Å². The molecule has 1 atom stereocenters. The highest BCUT2D eigenvalue weighted by Crippen LogP contribution is 2.23. The zero-order valence-corrected chi connectivity index (χ0v) is 15.4. The van der Waals surface area contributed by atoms with Crippen LogP contribution < -0.4 is 10.1 Å². The molecule has 0 aliphatic carbocycles. The van der Waals surface area contributed by atoms with E-state index in [-0.39, 0.29) is 5.91 Å². The van der Waals surface area contributed by atoms with Gasteiger partial charge in [-0.25, -0.2) is 0 Å². The first-order valence-corrected chi connectivity index (χ1v) is 8.55. The van der Waals surface area contributed by atoms with Crippen molar-refractivity contribution < 1.29 is 9.53 Å². The van der Waals surface area contributed by atoms with Crippen LogP contribution in [0.1, 0.15) is 45.6 Å². The van der Waals surface area contributed by atoms with Gasteiger partial charge in [-0.3, -0.25) is 4.79 Å². The summed E-state index contributed by atoms with van der Waals surface area (Å²) in [6, 6.07) is 14.9. The first kappa shape index (κ1) is 18.3. The van der Waals surface area contributed by atoms with Crippen molar-refractivity contribution in [3.05, 3.63) is 59.1 Å². The van der Waals surface area contributed by atoms with Crippen molar-refractivity contribution in [3.63, 3.8) is 0 Å². The highest BCUT2D eigenvalue weighted by atomic mass is 35.5. The quantitative estimate of drug-likeness (QED) is 0.734. The summed E-state index contributed by atoms with van der Waals surface area (Å²) in [6.45, 7) is 7.84. The average Bonchev–Trinajstić information content (AvgIpc) is 2.56. The third-order valence-electron chi connectivity index (χ3n) is 4.08. The van der Waals surface area contributed by atoms with Crippen LogP contribution in [0.2, 0.25) is 5.02 Å². The number of ether oxygens (including phenoxy) is 1. The summed E-state index contributed by atoms with van der Waals surface area (Å²) < 4.78 is 5.80. The molecule has 2 aromatic rings. The van der Waals surface area contributed by atoms with E-state index in [4.69, 9.17) is 16.3 Å². The first-order valence-electron chi connectivity index (χ1n) is 8.18. The van der Waals surface area contributed by atoms with Gasteiger partial charge in [-0.2, -0.15) is 0 Å². The zero-order chi connectivity index (χ0) is 17.7. The molecular weight excluding hydrogens is 322 g/mol. The number of hydrogen-bond acceptors (Lipinski definition) is 2. The van der Waals surface area contributed by atoms with E-state index in [0.29, 0.717) is 16.7 Å². The van der Waals surface area contributed by atoms with Crippen LogP contribution >= 0.6 is 11.6 Å². The zero-order valence-electron chi connectivity index (χ0n) is 14.6. The van der Waals surface area contributed by atoms with E-state index < -0.39 is 5.60 Å². The molecule has 0 saturated carbocycles. The molecule has 0 unspecified atom stereocenters. The number of halogens is 1. The van der Waals surface area contributed by atoms with Gasteiger partial charge in [0, 0.05) is 10.7 Å². The summed E-state index contributed by atoms with van der Waals surface area (Å²) in [5.74, 6) is 0.917. The molecule has 24 heavy (non-hydrogen) atoms. The Kier molecular flexibility index (Phi) is 5.89. The maximum atomic E-state index is 12.5. The Morgan fingerprint density at radius 3 is 2.25 bits per heavy atom. The van der Waals surface area contributed by atoms with Gasteiger partial charge < -0.3 is 10.1 Å². The van der Waals surface area contributed by atoms with E-state index in [9.17, 15) is 4.79 Å². The third-order valence-corrected chi connectivity index (χ3v) is 4.34. The summed E-state index contributed by atoms with van der Waals surface area (Å²) in [4.78, 5) is 12.5. The minimum atomic E-state index is -0.997. The van der Waals surface area contributed by atoms with Crippen LogP contribution in [0.5, 0.6) is 5.75 Å². The Morgan fingerprint density at radius 1 is 1.12 bits per heavy atom. The summed E-state index contributed by atoms with van der Waals surface area (Å²) in [7, 11) is 0. The predicted octanol–water partition coefficient (Wildman–Crippen LogP) is 5.65. The van der Waals surface area contributed by atoms with Crippen LogP contribution in [0.4, 0.5) is 5.69 Å². The summed E-state index contributed by atoms with van der Waals surface area (Å²) in [5.41, 5.74) is 1.04. The lowest BCUT2D eigenvalue weighted by molar-refractivity contribution is -0.128. The molecule has 2 aromatic carbocycles.